The minimum atomic E-state index is -0.713. The molecule has 1 heterocycles. The van der Waals surface area contributed by atoms with Gasteiger partial charge in [-0.3, -0.25) is 9.69 Å². The van der Waals surface area contributed by atoms with Gasteiger partial charge in [0, 0.05) is 43.3 Å². The Morgan fingerprint density at radius 2 is 1.95 bits per heavy atom. The van der Waals surface area contributed by atoms with Crippen LogP contribution in [0.2, 0.25) is 5.02 Å². The quantitative estimate of drug-likeness (QED) is 0.834. The number of rotatable bonds is 5. The van der Waals surface area contributed by atoms with Crippen LogP contribution in [-0.2, 0) is 0 Å². The number of alkyl halides is 1. The molecule has 0 spiro atoms. The van der Waals surface area contributed by atoms with E-state index in [4.69, 9.17) is 11.6 Å². The third-order valence-electron chi connectivity index (χ3n) is 4.04. The van der Waals surface area contributed by atoms with Gasteiger partial charge in [-0.15, -0.1) is 0 Å². The molecule has 1 fully saturated rings. The SMILES string of the molecule is CC(C)[C@@H](CN1CC(F)C1)N(C)C(=O)c1ccc(Cl)cc1. The molecular formula is C16H22ClFN2O. The van der Waals surface area contributed by atoms with Gasteiger partial charge in [0.15, 0.2) is 0 Å². The summed E-state index contributed by atoms with van der Waals surface area (Å²) in [5.41, 5.74) is 0.625. The van der Waals surface area contributed by atoms with Gasteiger partial charge in [0.25, 0.3) is 5.91 Å². The molecule has 1 atom stereocenters. The molecule has 21 heavy (non-hydrogen) atoms. The number of nitrogens with zero attached hydrogens (tertiary/aromatic N) is 2. The van der Waals surface area contributed by atoms with Crippen LogP contribution >= 0.6 is 11.6 Å². The van der Waals surface area contributed by atoms with E-state index in [9.17, 15) is 9.18 Å². The molecule has 0 unspecified atom stereocenters. The number of carbonyl (C=O) groups excluding carboxylic acids is 1. The second-order valence-electron chi connectivity index (χ2n) is 6.05. The zero-order valence-corrected chi connectivity index (χ0v) is 13.5. The molecule has 1 aromatic rings. The molecule has 0 bridgehead atoms. The molecule has 2 rings (SSSR count). The molecule has 0 aromatic heterocycles. The molecule has 1 aliphatic rings. The standard InChI is InChI=1S/C16H22ClFN2O/c1-11(2)15(10-20-8-14(18)9-20)19(3)16(21)12-4-6-13(17)7-5-12/h4-7,11,14-15H,8-10H2,1-3H3/t15-/m1/s1. The topological polar surface area (TPSA) is 23.6 Å². The Hall–Kier alpha value is -1.13. The molecule has 1 aliphatic heterocycles. The van der Waals surface area contributed by atoms with E-state index < -0.39 is 6.17 Å². The number of amides is 1. The fourth-order valence-corrected chi connectivity index (χ4v) is 2.77. The van der Waals surface area contributed by atoms with E-state index in [0.29, 0.717) is 36.1 Å². The van der Waals surface area contributed by atoms with Gasteiger partial charge in [0.05, 0.1) is 0 Å². The summed E-state index contributed by atoms with van der Waals surface area (Å²) in [7, 11) is 1.81. The van der Waals surface area contributed by atoms with E-state index in [2.05, 4.69) is 18.7 Å². The molecule has 0 aliphatic carbocycles. The number of likely N-dealkylation sites (tertiary alicyclic amines) is 1. The predicted octanol–water partition coefficient (Wildman–Crippen LogP) is 3.09. The van der Waals surface area contributed by atoms with E-state index in [1.165, 1.54) is 0 Å². The summed E-state index contributed by atoms with van der Waals surface area (Å²) in [6.07, 6.45) is -0.713. The summed E-state index contributed by atoms with van der Waals surface area (Å²) in [5.74, 6) is 0.285. The van der Waals surface area contributed by atoms with Crippen molar-refractivity contribution in [2.45, 2.75) is 26.1 Å². The molecule has 5 heteroatoms. The van der Waals surface area contributed by atoms with Gasteiger partial charge in [-0.05, 0) is 30.2 Å². The van der Waals surface area contributed by atoms with Crippen molar-refractivity contribution < 1.29 is 9.18 Å². The van der Waals surface area contributed by atoms with Crippen molar-refractivity contribution >= 4 is 17.5 Å². The summed E-state index contributed by atoms with van der Waals surface area (Å²) >= 11 is 5.85. The molecule has 3 nitrogen and oxygen atoms in total. The van der Waals surface area contributed by atoms with E-state index in [1.807, 2.05) is 7.05 Å². The normalized spacial score (nSPS) is 17.6. The van der Waals surface area contributed by atoms with Crippen molar-refractivity contribution in [3.8, 4) is 0 Å². The second-order valence-corrected chi connectivity index (χ2v) is 6.49. The Bertz CT molecular complexity index is 486. The van der Waals surface area contributed by atoms with Gasteiger partial charge in [0.2, 0.25) is 0 Å². The Morgan fingerprint density at radius 1 is 1.38 bits per heavy atom. The summed E-state index contributed by atoms with van der Waals surface area (Å²) in [6.45, 7) is 5.85. The lowest BCUT2D eigenvalue weighted by Crippen LogP contribution is -2.55. The summed E-state index contributed by atoms with van der Waals surface area (Å²) < 4.78 is 12.9. The van der Waals surface area contributed by atoms with Crippen LogP contribution in [0.3, 0.4) is 0 Å². The third kappa shape index (κ3) is 3.95. The minimum Gasteiger partial charge on any atom is -0.337 e. The maximum atomic E-state index is 12.9. The van der Waals surface area contributed by atoms with Crippen molar-refractivity contribution in [1.82, 2.24) is 9.80 Å². The van der Waals surface area contributed by atoms with E-state index >= 15 is 0 Å². The molecule has 0 N–H and O–H groups in total. The Kier molecular flexibility index (Phi) is 5.22. The first kappa shape index (κ1) is 16.2. The van der Waals surface area contributed by atoms with Gasteiger partial charge >= 0.3 is 0 Å². The Morgan fingerprint density at radius 3 is 2.43 bits per heavy atom. The Balaban J connectivity index is 2.04. The lowest BCUT2D eigenvalue weighted by molar-refractivity contribution is 0.0277. The largest absolute Gasteiger partial charge is 0.337 e. The summed E-state index contributed by atoms with van der Waals surface area (Å²) in [5, 5.41) is 0.615. The van der Waals surface area contributed by atoms with Crippen LogP contribution in [0.15, 0.2) is 24.3 Å². The highest BCUT2D eigenvalue weighted by Gasteiger charge is 2.32. The molecule has 0 radical (unpaired) electrons. The van der Waals surface area contributed by atoms with Crippen LogP contribution < -0.4 is 0 Å². The lowest BCUT2D eigenvalue weighted by atomic mass is 9.99. The van der Waals surface area contributed by atoms with E-state index in [-0.39, 0.29) is 11.9 Å². The first-order valence-corrected chi connectivity index (χ1v) is 7.65. The summed E-state index contributed by atoms with van der Waals surface area (Å²) in [4.78, 5) is 16.4. The van der Waals surface area contributed by atoms with Crippen molar-refractivity contribution in [1.29, 1.82) is 0 Å². The second kappa shape index (κ2) is 6.75. The maximum absolute atomic E-state index is 12.9. The van der Waals surface area contributed by atoms with Crippen LogP contribution in [0, 0.1) is 5.92 Å². The lowest BCUT2D eigenvalue weighted by Gasteiger charge is -2.41. The highest BCUT2D eigenvalue weighted by atomic mass is 35.5. The zero-order valence-electron chi connectivity index (χ0n) is 12.7. The van der Waals surface area contributed by atoms with Gasteiger partial charge in [-0.25, -0.2) is 4.39 Å². The highest BCUT2D eigenvalue weighted by Crippen LogP contribution is 2.19. The smallest absolute Gasteiger partial charge is 0.253 e. The molecule has 1 aromatic carbocycles. The van der Waals surface area contributed by atoms with Crippen LogP contribution in [0.4, 0.5) is 4.39 Å². The van der Waals surface area contributed by atoms with Crippen LogP contribution in [0.25, 0.3) is 0 Å². The number of carbonyl (C=O) groups is 1. The number of benzene rings is 1. The molecule has 0 saturated carbocycles. The average Bonchev–Trinajstić information content (AvgIpc) is 2.41. The van der Waals surface area contributed by atoms with Crippen LogP contribution in [-0.4, -0.2) is 54.6 Å². The van der Waals surface area contributed by atoms with Gasteiger partial charge in [-0.1, -0.05) is 25.4 Å². The number of likely N-dealkylation sites (N-methyl/N-ethyl adjacent to an activating group) is 1. The van der Waals surface area contributed by atoms with Gasteiger partial charge in [-0.2, -0.15) is 0 Å². The molecular weight excluding hydrogens is 291 g/mol. The van der Waals surface area contributed by atoms with Crippen molar-refractivity contribution in [3.05, 3.63) is 34.9 Å². The fourth-order valence-electron chi connectivity index (χ4n) is 2.65. The van der Waals surface area contributed by atoms with Gasteiger partial charge < -0.3 is 4.90 Å². The number of hydrogen-bond donors (Lipinski definition) is 0. The van der Waals surface area contributed by atoms with Crippen molar-refractivity contribution in [2.75, 3.05) is 26.7 Å². The monoisotopic (exact) mass is 312 g/mol. The van der Waals surface area contributed by atoms with Crippen molar-refractivity contribution in [2.24, 2.45) is 5.92 Å². The molecule has 1 amide bonds. The zero-order chi connectivity index (χ0) is 15.6. The molecule has 116 valence electrons. The maximum Gasteiger partial charge on any atom is 0.253 e. The van der Waals surface area contributed by atoms with Crippen LogP contribution in [0.1, 0.15) is 24.2 Å². The predicted molar refractivity (Wildman–Crippen MR) is 83.5 cm³/mol. The first-order valence-electron chi connectivity index (χ1n) is 7.27. The third-order valence-corrected chi connectivity index (χ3v) is 4.29. The average molecular weight is 313 g/mol. The number of hydrogen-bond acceptors (Lipinski definition) is 2. The highest BCUT2D eigenvalue weighted by molar-refractivity contribution is 6.30. The molecule has 1 saturated heterocycles. The van der Waals surface area contributed by atoms with Crippen LogP contribution in [0.5, 0.6) is 0 Å². The first-order chi connectivity index (χ1) is 9.88. The minimum absolute atomic E-state index is 0.0253. The van der Waals surface area contributed by atoms with E-state index in [1.54, 1.807) is 29.2 Å². The van der Waals surface area contributed by atoms with Crippen molar-refractivity contribution in [3.63, 3.8) is 0 Å². The van der Waals surface area contributed by atoms with Gasteiger partial charge in [0.1, 0.15) is 6.17 Å². The number of halogens is 2. The van der Waals surface area contributed by atoms with E-state index in [0.717, 1.165) is 0 Å². The Labute approximate surface area is 130 Å². The fraction of sp³-hybridized carbons (Fsp3) is 0.562. The summed E-state index contributed by atoms with van der Waals surface area (Å²) in [6, 6.07) is 6.98.